The Morgan fingerprint density at radius 3 is 2.40 bits per heavy atom. The third-order valence-electron chi connectivity index (χ3n) is 2.86. The molecular weight excluding hydrogens is 272 g/mol. The number of benzene rings is 1. The summed E-state index contributed by atoms with van der Waals surface area (Å²) >= 11 is 1.55. The van der Waals surface area contributed by atoms with E-state index in [0.29, 0.717) is 12.2 Å². The van der Waals surface area contributed by atoms with Crippen molar-refractivity contribution in [1.29, 1.82) is 0 Å². The van der Waals surface area contributed by atoms with Gasteiger partial charge in [0.2, 0.25) is 0 Å². The molecule has 1 aromatic carbocycles. The van der Waals surface area contributed by atoms with E-state index in [1.807, 2.05) is 29.0 Å². The lowest BCUT2D eigenvalue weighted by molar-refractivity contribution is -0.136. The summed E-state index contributed by atoms with van der Waals surface area (Å²) in [5.74, 6) is -1.28. The quantitative estimate of drug-likeness (QED) is 0.850. The molecule has 2 N–H and O–H groups in total. The van der Waals surface area contributed by atoms with Crippen LogP contribution in [-0.4, -0.2) is 11.8 Å². The number of rotatable bonds is 4. The topological polar surface area (TPSA) is 58.2 Å². The molecule has 2 rings (SSSR count). The standard InChI is InChI=1S/C15H16N2O2S/c1-2-11-3-5-13(6-4-11)17-15(19)14(18)16-9-12-7-8-20-10-12/h3-8,10H,2,9H2,1H3,(H,16,18)(H,17,19). The Hall–Kier alpha value is -2.14. The van der Waals surface area contributed by atoms with Gasteiger partial charge < -0.3 is 10.6 Å². The fourth-order valence-corrected chi connectivity index (χ4v) is 2.34. The molecule has 2 amide bonds. The fourth-order valence-electron chi connectivity index (χ4n) is 1.67. The monoisotopic (exact) mass is 288 g/mol. The van der Waals surface area contributed by atoms with E-state index < -0.39 is 11.8 Å². The number of hydrogen-bond donors (Lipinski definition) is 2. The molecule has 104 valence electrons. The number of nitrogens with one attached hydrogen (secondary N) is 2. The zero-order valence-corrected chi connectivity index (χ0v) is 12.0. The van der Waals surface area contributed by atoms with Gasteiger partial charge >= 0.3 is 11.8 Å². The van der Waals surface area contributed by atoms with Crippen LogP contribution in [0.2, 0.25) is 0 Å². The van der Waals surface area contributed by atoms with Gasteiger partial charge in [-0.25, -0.2) is 0 Å². The minimum absolute atomic E-state index is 0.366. The number of amides is 2. The molecule has 20 heavy (non-hydrogen) atoms. The second kappa shape index (κ2) is 6.86. The maximum absolute atomic E-state index is 11.7. The zero-order valence-electron chi connectivity index (χ0n) is 11.2. The maximum Gasteiger partial charge on any atom is 0.313 e. The van der Waals surface area contributed by atoms with Crippen molar-refractivity contribution in [3.63, 3.8) is 0 Å². The summed E-state index contributed by atoms with van der Waals surface area (Å²) in [6.45, 7) is 2.43. The minimum Gasteiger partial charge on any atom is -0.344 e. The maximum atomic E-state index is 11.7. The van der Waals surface area contributed by atoms with Crippen LogP contribution >= 0.6 is 11.3 Å². The van der Waals surface area contributed by atoms with Gasteiger partial charge in [-0.3, -0.25) is 9.59 Å². The second-order valence-electron chi connectivity index (χ2n) is 4.32. The SMILES string of the molecule is CCc1ccc(NC(=O)C(=O)NCc2ccsc2)cc1. The van der Waals surface area contributed by atoms with Gasteiger partial charge in [0.05, 0.1) is 0 Å². The van der Waals surface area contributed by atoms with Gasteiger partial charge in [0.1, 0.15) is 0 Å². The van der Waals surface area contributed by atoms with E-state index in [9.17, 15) is 9.59 Å². The average Bonchev–Trinajstić information content (AvgIpc) is 2.98. The first kappa shape index (κ1) is 14.3. The highest BCUT2D eigenvalue weighted by Crippen LogP contribution is 2.10. The summed E-state index contributed by atoms with van der Waals surface area (Å²) in [4.78, 5) is 23.4. The fraction of sp³-hybridized carbons (Fsp3) is 0.200. The Morgan fingerprint density at radius 1 is 1.05 bits per heavy atom. The van der Waals surface area contributed by atoms with Crippen molar-refractivity contribution in [3.8, 4) is 0 Å². The Labute approximate surface area is 121 Å². The van der Waals surface area contributed by atoms with Gasteiger partial charge in [0.25, 0.3) is 0 Å². The number of aryl methyl sites for hydroxylation is 1. The lowest BCUT2D eigenvalue weighted by atomic mass is 10.1. The molecule has 0 saturated heterocycles. The van der Waals surface area contributed by atoms with E-state index >= 15 is 0 Å². The Kier molecular flexibility index (Phi) is 4.90. The van der Waals surface area contributed by atoms with Crippen LogP contribution in [0.4, 0.5) is 5.69 Å². The number of carbonyl (C=O) groups is 2. The predicted molar refractivity (Wildman–Crippen MR) is 80.6 cm³/mol. The van der Waals surface area contributed by atoms with Crippen LogP contribution in [-0.2, 0) is 22.6 Å². The van der Waals surface area contributed by atoms with Crippen LogP contribution in [0.5, 0.6) is 0 Å². The molecular formula is C15H16N2O2S. The highest BCUT2D eigenvalue weighted by Gasteiger charge is 2.13. The molecule has 0 bridgehead atoms. The second-order valence-corrected chi connectivity index (χ2v) is 5.10. The number of anilines is 1. The largest absolute Gasteiger partial charge is 0.344 e. The molecule has 0 fully saturated rings. The van der Waals surface area contributed by atoms with E-state index in [0.717, 1.165) is 12.0 Å². The third-order valence-corrected chi connectivity index (χ3v) is 3.59. The number of thiophene rings is 1. The molecule has 1 aromatic heterocycles. The molecule has 4 nitrogen and oxygen atoms in total. The molecule has 0 radical (unpaired) electrons. The molecule has 0 spiro atoms. The molecule has 0 aliphatic carbocycles. The molecule has 0 unspecified atom stereocenters. The number of carbonyl (C=O) groups excluding carboxylic acids is 2. The van der Waals surface area contributed by atoms with Crippen LogP contribution in [0.25, 0.3) is 0 Å². The lowest BCUT2D eigenvalue weighted by Crippen LogP contribution is -2.34. The van der Waals surface area contributed by atoms with Crippen molar-refractivity contribution in [1.82, 2.24) is 5.32 Å². The van der Waals surface area contributed by atoms with Gasteiger partial charge in [-0.1, -0.05) is 19.1 Å². The van der Waals surface area contributed by atoms with Crippen molar-refractivity contribution in [2.24, 2.45) is 0 Å². The predicted octanol–water partition coefficient (Wildman–Crippen LogP) is 2.57. The molecule has 0 aliphatic heterocycles. The Bertz CT molecular complexity index is 576. The van der Waals surface area contributed by atoms with Gasteiger partial charge in [0, 0.05) is 12.2 Å². The summed E-state index contributed by atoms with van der Waals surface area (Å²) in [5, 5.41) is 9.02. The first-order valence-electron chi connectivity index (χ1n) is 6.38. The van der Waals surface area contributed by atoms with Gasteiger partial charge in [0.15, 0.2) is 0 Å². The highest BCUT2D eigenvalue weighted by molar-refractivity contribution is 7.07. The van der Waals surface area contributed by atoms with Gasteiger partial charge in [-0.2, -0.15) is 11.3 Å². The Morgan fingerprint density at radius 2 is 1.80 bits per heavy atom. The molecule has 5 heteroatoms. The average molecular weight is 288 g/mol. The van der Waals surface area contributed by atoms with E-state index in [4.69, 9.17) is 0 Å². The van der Waals surface area contributed by atoms with Crippen LogP contribution < -0.4 is 10.6 Å². The molecule has 0 saturated carbocycles. The normalized spacial score (nSPS) is 10.1. The summed E-state index contributed by atoms with van der Waals surface area (Å²) in [6, 6.07) is 9.36. The van der Waals surface area contributed by atoms with Crippen molar-refractivity contribution >= 4 is 28.8 Å². The van der Waals surface area contributed by atoms with Gasteiger partial charge in [-0.15, -0.1) is 0 Å². The summed E-state index contributed by atoms with van der Waals surface area (Å²) in [7, 11) is 0. The minimum atomic E-state index is -0.649. The van der Waals surface area contributed by atoms with Crippen LogP contribution in [0, 0.1) is 0 Å². The molecule has 0 atom stereocenters. The van der Waals surface area contributed by atoms with Crippen molar-refractivity contribution in [2.75, 3.05) is 5.32 Å². The first-order valence-corrected chi connectivity index (χ1v) is 7.32. The van der Waals surface area contributed by atoms with E-state index in [1.165, 1.54) is 5.56 Å². The summed E-state index contributed by atoms with van der Waals surface area (Å²) in [6.07, 6.45) is 0.940. The number of hydrogen-bond acceptors (Lipinski definition) is 3. The Balaban J connectivity index is 1.85. The smallest absolute Gasteiger partial charge is 0.313 e. The van der Waals surface area contributed by atoms with Crippen LogP contribution in [0.15, 0.2) is 41.1 Å². The summed E-state index contributed by atoms with van der Waals surface area (Å²) < 4.78 is 0. The first-order chi connectivity index (χ1) is 9.69. The van der Waals surface area contributed by atoms with Crippen LogP contribution in [0.1, 0.15) is 18.1 Å². The third kappa shape index (κ3) is 3.93. The lowest BCUT2D eigenvalue weighted by Gasteiger charge is -2.06. The van der Waals surface area contributed by atoms with E-state index in [1.54, 1.807) is 23.5 Å². The van der Waals surface area contributed by atoms with E-state index in [-0.39, 0.29) is 0 Å². The van der Waals surface area contributed by atoms with Crippen LogP contribution in [0.3, 0.4) is 0 Å². The molecule has 1 heterocycles. The van der Waals surface area contributed by atoms with Crippen molar-refractivity contribution in [2.45, 2.75) is 19.9 Å². The van der Waals surface area contributed by atoms with E-state index in [2.05, 4.69) is 17.6 Å². The zero-order chi connectivity index (χ0) is 14.4. The highest BCUT2D eigenvalue weighted by atomic mass is 32.1. The molecule has 2 aromatic rings. The van der Waals surface area contributed by atoms with Gasteiger partial charge in [-0.05, 0) is 46.5 Å². The van der Waals surface area contributed by atoms with Crippen molar-refractivity contribution in [3.05, 3.63) is 52.2 Å². The molecule has 0 aliphatic rings. The van der Waals surface area contributed by atoms with Crippen molar-refractivity contribution < 1.29 is 9.59 Å². The summed E-state index contributed by atoms with van der Waals surface area (Å²) in [5.41, 5.74) is 2.80.